The number of ether oxygens (including phenoxy) is 1. The smallest absolute Gasteiger partial charge is 0.106 e. The van der Waals surface area contributed by atoms with Crippen LogP contribution in [-0.4, -0.2) is 31.8 Å². The fraction of sp³-hybridized carbons (Fsp3) is 0.462. The summed E-state index contributed by atoms with van der Waals surface area (Å²) in [7, 11) is 1.71. The Morgan fingerprint density at radius 3 is 2.71 bits per heavy atom. The SMILES string of the molecule is CCN(CCOC)c1cc(C)ccc1C(N)=S. The molecule has 0 aliphatic carbocycles. The molecular formula is C13H20N2OS. The summed E-state index contributed by atoms with van der Waals surface area (Å²) in [6, 6.07) is 6.14. The monoisotopic (exact) mass is 252 g/mol. The lowest BCUT2D eigenvalue weighted by molar-refractivity contribution is 0.205. The van der Waals surface area contributed by atoms with Gasteiger partial charge in [0.1, 0.15) is 4.99 Å². The third-order valence-electron chi connectivity index (χ3n) is 2.71. The Morgan fingerprint density at radius 1 is 1.47 bits per heavy atom. The number of rotatable bonds is 6. The third kappa shape index (κ3) is 3.68. The highest BCUT2D eigenvalue weighted by atomic mass is 32.1. The van der Waals surface area contributed by atoms with E-state index in [4.69, 9.17) is 22.7 Å². The molecule has 1 rings (SSSR count). The zero-order valence-corrected chi connectivity index (χ0v) is 11.5. The summed E-state index contributed by atoms with van der Waals surface area (Å²) < 4.78 is 5.12. The highest BCUT2D eigenvalue weighted by Gasteiger charge is 2.11. The van der Waals surface area contributed by atoms with Crippen LogP contribution in [0.5, 0.6) is 0 Å². The number of anilines is 1. The molecule has 2 N–H and O–H groups in total. The van der Waals surface area contributed by atoms with Crippen molar-refractivity contribution in [2.75, 3.05) is 31.7 Å². The Balaban J connectivity index is 3.06. The van der Waals surface area contributed by atoms with E-state index < -0.39 is 0 Å². The van der Waals surface area contributed by atoms with Crippen LogP contribution < -0.4 is 10.6 Å². The van der Waals surface area contributed by atoms with Crippen molar-refractivity contribution in [3.63, 3.8) is 0 Å². The van der Waals surface area contributed by atoms with Crippen molar-refractivity contribution in [3.8, 4) is 0 Å². The molecule has 0 aromatic heterocycles. The van der Waals surface area contributed by atoms with Gasteiger partial charge >= 0.3 is 0 Å². The van der Waals surface area contributed by atoms with E-state index in [9.17, 15) is 0 Å². The summed E-state index contributed by atoms with van der Waals surface area (Å²) in [6.45, 7) is 6.62. The van der Waals surface area contributed by atoms with Crippen molar-refractivity contribution in [1.82, 2.24) is 0 Å². The van der Waals surface area contributed by atoms with Gasteiger partial charge in [-0.2, -0.15) is 0 Å². The van der Waals surface area contributed by atoms with Gasteiger partial charge in [-0.15, -0.1) is 0 Å². The molecule has 0 atom stereocenters. The fourth-order valence-corrected chi connectivity index (χ4v) is 1.93. The summed E-state index contributed by atoms with van der Waals surface area (Å²) in [4.78, 5) is 2.67. The minimum absolute atomic E-state index is 0.441. The van der Waals surface area contributed by atoms with Crippen LogP contribution in [0.3, 0.4) is 0 Å². The lowest BCUT2D eigenvalue weighted by atomic mass is 10.1. The van der Waals surface area contributed by atoms with Crippen LogP contribution in [0.15, 0.2) is 18.2 Å². The third-order valence-corrected chi connectivity index (χ3v) is 2.93. The lowest BCUT2D eigenvalue weighted by Crippen LogP contribution is -2.29. The molecule has 0 spiro atoms. The molecule has 0 aliphatic heterocycles. The molecule has 0 bridgehead atoms. The van der Waals surface area contributed by atoms with E-state index in [0.29, 0.717) is 11.6 Å². The fourth-order valence-electron chi connectivity index (χ4n) is 1.76. The van der Waals surface area contributed by atoms with Gasteiger partial charge in [0.2, 0.25) is 0 Å². The number of methoxy groups -OCH3 is 1. The summed E-state index contributed by atoms with van der Waals surface area (Å²) in [5, 5.41) is 0. The van der Waals surface area contributed by atoms with Gasteiger partial charge in [-0.3, -0.25) is 0 Å². The molecule has 0 aliphatic rings. The molecule has 1 aromatic carbocycles. The van der Waals surface area contributed by atoms with Crippen LogP contribution >= 0.6 is 12.2 Å². The predicted molar refractivity (Wildman–Crippen MR) is 76.8 cm³/mol. The van der Waals surface area contributed by atoms with Gasteiger partial charge in [0.25, 0.3) is 0 Å². The van der Waals surface area contributed by atoms with Crippen LogP contribution in [0, 0.1) is 6.92 Å². The highest BCUT2D eigenvalue weighted by molar-refractivity contribution is 7.80. The zero-order chi connectivity index (χ0) is 12.8. The van der Waals surface area contributed by atoms with E-state index in [1.54, 1.807) is 7.11 Å². The Labute approximate surface area is 109 Å². The Bertz CT molecular complexity index is 393. The maximum absolute atomic E-state index is 5.76. The van der Waals surface area contributed by atoms with Crippen LogP contribution in [0.25, 0.3) is 0 Å². The molecule has 0 saturated heterocycles. The quantitative estimate of drug-likeness (QED) is 0.787. The predicted octanol–water partition coefficient (Wildman–Crippen LogP) is 2.10. The average Bonchev–Trinajstić information content (AvgIpc) is 2.29. The van der Waals surface area contributed by atoms with E-state index >= 15 is 0 Å². The normalized spacial score (nSPS) is 10.3. The first-order chi connectivity index (χ1) is 8.10. The van der Waals surface area contributed by atoms with Crippen LogP contribution in [0.1, 0.15) is 18.1 Å². The Kier molecular flexibility index (Phi) is 5.38. The number of nitrogens with zero attached hydrogens (tertiary/aromatic N) is 1. The molecule has 0 unspecified atom stereocenters. The van der Waals surface area contributed by atoms with Crippen molar-refractivity contribution >= 4 is 22.9 Å². The highest BCUT2D eigenvalue weighted by Crippen LogP contribution is 2.22. The first-order valence-electron chi connectivity index (χ1n) is 5.74. The second-order valence-electron chi connectivity index (χ2n) is 3.96. The summed E-state index contributed by atoms with van der Waals surface area (Å²) in [5.41, 5.74) is 8.99. The number of hydrogen-bond donors (Lipinski definition) is 1. The molecule has 0 radical (unpaired) electrons. The van der Waals surface area contributed by atoms with E-state index in [1.807, 2.05) is 12.1 Å². The van der Waals surface area contributed by atoms with E-state index in [-0.39, 0.29) is 0 Å². The Hall–Kier alpha value is -1.13. The molecule has 0 heterocycles. The number of nitrogens with two attached hydrogens (primary N) is 1. The maximum atomic E-state index is 5.76. The lowest BCUT2D eigenvalue weighted by Gasteiger charge is -2.25. The van der Waals surface area contributed by atoms with Crippen molar-refractivity contribution in [3.05, 3.63) is 29.3 Å². The number of hydrogen-bond acceptors (Lipinski definition) is 3. The molecule has 0 amide bonds. The second kappa shape index (κ2) is 6.57. The van der Waals surface area contributed by atoms with Gasteiger partial charge < -0.3 is 15.4 Å². The first kappa shape index (κ1) is 13.9. The van der Waals surface area contributed by atoms with Crippen molar-refractivity contribution in [2.45, 2.75) is 13.8 Å². The molecule has 4 heteroatoms. The molecule has 0 fully saturated rings. The van der Waals surface area contributed by atoms with Gasteiger partial charge in [-0.05, 0) is 31.5 Å². The molecular weight excluding hydrogens is 232 g/mol. The summed E-state index contributed by atoms with van der Waals surface area (Å²) in [6.07, 6.45) is 0. The minimum Gasteiger partial charge on any atom is -0.389 e. The Morgan fingerprint density at radius 2 is 2.18 bits per heavy atom. The summed E-state index contributed by atoms with van der Waals surface area (Å²) in [5.74, 6) is 0. The second-order valence-corrected chi connectivity index (χ2v) is 4.40. The largest absolute Gasteiger partial charge is 0.389 e. The van der Waals surface area contributed by atoms with Crippen molar-refractivity contribution in [1.29, 1.82) is 0 Å². The molecule has 3 nitrogen and oxygen atoms in total. The average molecular weight is 252 g/mol. The van der Waals surface area contributed by atoms with Gasteiger partial charge in [-0.1, -0.05) is 18.3 Å². The van der Waals surface area contributed by atoms with Crippen molar-refractivity contribution < 1.29 is 4.74 Å². The minimum atomic E-state index is 0.441. The maximum Gasteiger partial charge on any atom is 0.106 e. The number of likely N-dealkylation sites (N-methyl/N-ethyl adjacent to an activating group) is 1. The molecule has 1 aromatic rings. The van der Waals surface area contributed by atoms with Gasteiger partial charge in [0.15, 0.2) is 0 Å². The molecule has 17 heavy (non-hydrogen) atoms. The number of aryl methyl sites for hydroxylation is 1. The zero-order valence-electron chi connectivity index (χ0n) is 10.7. The molecule has 0 saturated carbocycles. The van der Waals surface area contributed by atoms with Gasteiger partial charge in [0, 0.05) is 31.5 Å². The van der Waals surface area contributed by atoms with E-state index in [0.717, 1.165) is 24.3 Å². The summed E-state index contributed by atoms with van der Waals surface area (Å²) >= 11 is 5.09. The standard InChI is InChI=1S/C13H20N2OS/c1-4-15(7-8-16-3)12-9-10(2)5-6-11(12)13(14)17/h5-6,9H,4,7-8H2,1-3H3,(H2,14,17). The number of benzene rings is 1. The van der Waals surface area contributed by atoms with Gasteiger partial charge in [-0.25, -0.2) is 0 Å². The van der Waals surface area contributed by atoms with Crippen LogP contribution in [-0.2, 0) is 4.74 Å². The van der Waals surface area contributed by atoms with Gasteiger partial charge in [0.05, 0.1) is 6.61 Å². The first-order valence-corrected chi connectivity index (χ1v) is 6.15. The van der Waals surface area contributed by atoms with Crippen molar-refractivity contribution in [2.24, 2.45) is 5.73 Å². The van der Waals surface area contributed by atoms with Crippen LogP contribution in [0.2, 0.25) is 0 Å². The topological polar surface area (TPSA) is 38.5 Å². The van der Waals surface area contributed by atoms with E-state index in [1.165, 1.54) is 5.56 Å². The number of thiocarbonyl (C=S) groups is 1. The van der Waals surface area contributed by atoms with E-state index in [2.05, 4.69) is 24.8 Å². The molecule has 94 valence electrons. The van der Waals surface area contributed by atoms with Crippen LogP contribution in [0.4, 0.5) is 5.69 Å².